The van der Waals surface area contributed by atoms with E-state index in [-0.39, 0.29) is 0 Å². The molecule has 0 atom stereocenters. The first-order valence-corrected chi connectivity index (χ1v) is 21.4. The van der Waals surface area contributed by atoms with E-state index in [1.807, 2.05) is 152 Å². The molecule has 328 valence electrons. The van der Waals surface area contributed by atoms with Crippen molar-refractivity contribution in [3.8, 4) is 29.1 Å². The molecule has 0 aromatic heterocycles. The SMILES string of the molecule is CCCCOc1ccc(C=Nc2ccc(CC)cc2)cc1.COc1ccc(C=Nc2ccc(C#N)cc2)cc1.COc1ccc(N=Cc2ccc(C=Nc3ccc(OC)cc3)cc2)cc1. The average molecular weight is 862 g/mol. The van der Waals surface area contributed by atoms with E-state index in [9.17, 15) is 0 Å². The highest BCUT2D eigenvalue weighted by molar-refractivity contribution is 5.86. The molecule has 0 spiro atoms. The summed E-state index contributed by atoms with van der Waals surface area (Å²) in [6.07, 6.45) is 10.7. The Bertz CT molecular complexity index is 2520. The molecule has 0 aliphatic heterocycles. The molecule has 0 amide bonds. The van der Waals surface area contributed by atoms with E-state index >= 15 is 0 Å². The summed E-state index contributed by atoms with van der Waals surface area (Å²) < 4.78 is 21.0. The molecule has 7 aromatic rings. The maximum Gasteiger partial charge on any atom is 0.119 e. The molecule has 0 unspecified atom stereocenters. The third-order valence-corrected chi connectivity index (χ3v) is 9.64. The van der Waals surface area contributed by atoms with Crippen LogP contribution in [-0.2, 0) is 6.42 Å². The van der Waals surface area contributed by atoms with E-state index in [4.69, 9.17) is 24.2 Å². The second-order valence-corrected chi connectivity index (χ2v) is 14.3. The Morgan fingerprint density at radius 3 is 1.05 bits per heavy atom. The number of methoxy groups -OCH3 is 3. The van der Waals surface area contributed by atoms with Gasteiger partial charge >= 0.3 is 0 Å². The van der Waals surface area contributed by atoms with Gasteiger partial charge in [0.2, 0.25) is 0 Å². The minimum absolute atomic E-state index is 0.637. The first kappa shape index (κ1) is 48.0. The van der Waals surface area contributed by atoms with Crippen LogP contribution in [-0.4, -0.2) is 52.8 Å². The van der Waals surface area contributed by atoms with Crippen LogP contribution in [0.15, 0.2) is 190 Å². The summed E-state index contributed by atoms with van der Waals surface area (Å²) in [5, 5.41) is 8.69. The van der Waals surface area contributed by atoms with Gasteiger partial charge in [0.1, 0.15) is 23.0 Å². The van der Waals surface area contributed by atoms with Gasteiger partial charge in [-0.3, -0.25) is 20.0 Å². The molecule has 0 heterocycles. The number of aryl methyl sites for hydroxylation is 1. The average Bonchev–Trinajstić information content (AvgIpc) is 3.38. The van der Waals surface area contributed by atoms with Crippen LogP contribution < -0.4 is 18.9 Å². The van der Waals surface area contributed by atoms with E-state index in [1.54, 1.807) is 39.7 Å². The molecule has 0 bridgehead atoms. The standard InChI is InChI=1S/C22H20N2O2.C19H23NO.C15H12N2O/c1-25-21-11-7-19(8-12-21)23-15-17-3-5-18(6-4-17)16-24-20-9-13-22(26-2)14-10-20;1-3-5-14-21-19-12-8-17(9-13-19)15-20-18-10-6-16(4-2)7-11-18;1-18-15-8-4-13(5-9-15)11-17-14-6-2-12(10-16)3-7-14/h3-16H,1-2H3;6-13,15H,3-5,14H2,1-2H3;2-9,11H,1H3. The lowest BCUT2D eigenvalue weighted by atomic mass is 10.1. The van der Waals surface area contributed by atoms with E-state index in [0.717, 1.165) is 93.9 Å². The predicted octanol–water partition coefficient (Wildman–Crippen LogP) is 13.7. The third-order valence-electron chi connectivity index (χ3n) is 9.64. The molecule has 0 saturated carbocycles. The summed E-state index contributed by atoms with van der Waals surface area (Å²) >= 11 is 0. The fourth-order valence-electron chi connectivity index (χ4n) is 5.72. The van der Waals surface area contributed by atoms with Crippen LogP contribution in [0, 0.1) is 11.3 Å². The Morgan fingerprint density at radius 1 is 0.415 bits per heavy atom. The largest absolute Gasteiger partial charge is 0.497 e. The van der Waals surface area contributed by atoms with Gasteiger partial charge in [0.05, 0.1) is 62.3 Å². The number of aliphatic imine (C=N–C) groups is 4. The zero-order chi connectivity index (χ0) is 45.9. The van der Waals surface area contributed by atoms with Gasteiger partial charge in [-0.2, -0.15) is 5.26 Å². The van der Waals surface area contributed by atoms with Crippen LogP contribution in [0.2, 0.25) is 0 Å². The molecule has 7 aromatic carbocycles. The number of hydrogen-bond acceptors (Lipinski definition) is 9. The number of nitriles is 1. The van der Waals surface area contributed by atoms with Crippen molar-refractivity contribution in [2.45, 2.75) is 33.1 Å². The van der Waals surface area contributed by atoms with Crippen molar-refractivity contribution in [1.82, 2.24) is 0 Å². The molecule has 0 saturated heterocycles. The maximum absolute atomic E-state index is 8.69. The van der Waals surface area contributed by atoms with Gasteiger partial charge in [-0.15, -0.1) is 0 Å². The first-order chi connectivity index (χ1) is 31.9. The number of ether oxygens (including phenoxy) is 4. The molecule has 65 heavy (non-hydrogen) atoms. The van der Waals surface area contributed by atoms with Crippen molar-refractivity contribution in [3.63, 3.8) is 0 Å². The molecule has 0 aliphatic carbocycles. The molecular formula is C56H55N5O4. The minimum Gasteiger partial charge on any atom is -0.497 e. The van der Waals surface area contributed by atoms with Crippen LogP contribution in [0.4, 0.5) is 22.7 Å². The van der Waals surface area contributed by atoms with Crippen molar-refractivity contribution < 1.29 is 18.9 Å². The Hall–Kier alpha value is -8.09. The number of unbranched alkanes of at least 4 members (excludes halogenated alkanes) is 1. The summed E-state index contributed by atoms with van der Waals surface area (Å²) in [5.74, 6) is 3.40. The lowest BCUT2D eigenvalue weighted by Crippen LogP contribution is -1.96. The van der Waals surface area contributed by atoms with E-state index in [2.05, 4.69) is 64.2 Å². The zero-order valence-electron chi connectivity index (χ0n) is 37.7. The highest BCUT2D eigenvalue weighted by atomic mass is 16.5. The quantitative estimate of drug-likeness (QED) is 0.0710. The van der Waals surface area contributed by atoms with Crippen molar-refractivity contribution >= 4 is 47.6 Å². The zero-order valence-corrected chi connectivity index (χ0v) is 37.7. The summed E-state index contributed by atoms with van der Waals surface area (Å²) in [4.78, 5) is 17.8. The first-order valence-electron chi connectivity index (χ1n) is 21.4. The summed E-state index contributed by atoms with van der Waals surface area (Å²) in [7, 11) is 4.94. The van der Waals surface area contributed by atoms with Gasteiger partial charge in [-0.25, -0.2) is 0 Å². The van der Waals surface area contributed by atoms with Gasteiger partial charge in [-0.1, -0.05) is 56.7 Å². The molecule has 7 rings (SSSR count). The lowest BCUT2D eigenvalue weighted by Gasteiger charge is -2.04. The van der Waals surface area contributed by atoms with Gasteiger partial charge < -0.3 is 18.9 Å². The Morgan fingerprint density at radius 2 is 0.723 bits per heavy atom. The van der Waals surface area contributed by atoms with Gasteiger partial charge in [0.15, 0.2) is 0 Å². The predicted molar refractivity (Wildman–Crippen MR) is 268 cm³/mol. The summed E-state index contributed by atoms with van der Waals surface area (Å²) in [6.45, 7) is 5.10. The van der Waals surface area contributed by atoms with Gasteiger partial charge in [-0.05, 0) is 174 Å². The Kier molecular flexibility index (Phi) is 20.0. The maximum atomic E-state index is 8.69. The van der Waals surface area contributed by atoms with E-state index < -0.39 is 0 Å². The van der Waals surface area contributed by atoms with Crippen molar-refractivity contribution in [3.05, 3.63) is 203 Å². The third kappa shape index (κ3) is 17.3. The highest BCUT2D eigenvalue weighted by Crippen LogP contribution is 2.20. The molecule has 0 radical (unpaired) electrons. The van der Waals surface area contributed by atoms with Crippen LogP contribution in [0.3, 0.4) is 0 Å². The van der Waals surface area contributed by atoms with Crippen LogP contribution in [0.1, 0.15) is 60.1 Å². The van der Waals surface area contributed by atoms with Crippen LogP contribution in [0.5, 0.6) is 23.0 Å². The number of nitrogens with zero attached hydrogens (tertiary/aromatic N) is 5. The molecule has 9 heteroatoms. The van der Waals surface area contributed by atoms with Crippen molar-refractivity contribution in [2.75, 3.05) is 27.9 Å². The fraction of sp³-hybridized carbons (Fsp3) is 0.161. The van der Waals surface area contributed by atoms with Gasteiger partial charge in [0.25, 0.3) is 0 Å². The number of benzene rings is 7. The number of rotatable bonds is 16. The molecule has 0 aliphatic rings. The van der Waals surface area contributed by atoms with E-state index in [0.29, 0.717) is 5.56 Å². The van der Waals surface area contributed by atoms with Gasteiger partial charge in [0, 0.05) is 24.9 Å². The normalized spacial score (nSPS) is 10.8. The Labute approximate surface area is 383 Å². The van der Waals surface area contributed by atoms with Crippen LogP contribution in [0.25, 0.3) is 0 Å². The summed E-state index contributed by atoms with van der Waals surface area (Å²) in [6, 6.07) is 56.6. The highest BCUT2D eigenvalue weighted by Gasteiger charge is 1.98. The fourth-order valence-corrected chi connectivity index (χ4v) is 5.72. The minimum atomic E-state index is 0.637. The van der Waals surface area contributed by atoms with Crippen molar-refractivity contribution in [2.24, 2.45) is 20.0 Å². The smallest absolute Gasteiger partial charge is 0.119 e. The molecule has 0 fully saturated rings. The second-order valence-electron chi connectivity index (χ2n) is 14.3. The lowest BCUT2D eigenvalue weighted by molar-refractivity contribution is 0.309. The molecular weight excluding hydrogens is 807 g/mol. The van der Waals surface area contributed by atoms with E-state index in [1.165, 1.54) is 5.56 Å². The second kappa shape index (κ2) is 27.1. The molecule has 0 N–H and O–H groups in total. The summed E-state index contributed by atoms with van der Waals surface area (Å²) in [5.41, 5.74) is 9.69. The number of hydrogen-bond donors (Lipinski definition) is 0. The topological polar surface area (TPSA) is 110 Å². The monoisotopic (exact) mass is 861 g/mol. The van der Waals surface area contributed by atoms with Crippen LogP contribution >= 0.6 is 0 Å². The molecule has 9 nitrogen and oxygen atoms in total. The van der Waals surface area contributed by atoms with Crippen molar-refractivity contribution in [1.29, 1.82) is 5.26 Å². The Balaban J connectivity index is 0.000000187.